The Morgan fingerprint density at radius 3 is 2.70 bits per heavy atom. The second kappa shape index (κ2) is 6.75. The fourth-order valence-corrected chi connectivity index (χ4v) is 3.08. The van der Waals surface area contributed by atoms with E-state index in [1.165, 1.54) is 12.0 Å². The molecule has 2 atom stereocenters. The van der Waals surface area contributed by atoms with Crippen LogP contribution in [0.5, 0.6) is 5.75 Å². The SMILES string of the molecule is COc1ccc(C2C(CNC(C)=O)CCCN2C)cc1. The molecule has 0 spiro atoms. The van der Waals surface area contributed by atoms with Gasteiger partial charge in [0.15, 0.2) is 0 Å². The van der Waals surface area contributed by atoms with Crippen molar-refractivity contribution >= 4 is 5.91 Å². The van der Waals surface area contributed by atoms with Gasteiger partial charge in [0.2, 0.25) is 5.91 Å². The van der Waals surface area contributed by atoms with E-state index >= 15 is 0 Å². The van der Waals surface area contributed by atoms with Gasteiger partial charge in [0, 0.05) is 19.5 Å². The van der Waals surface area contributed by atoms with Crippen LogP contribution in [0.2, 0.25) is 0 Å². The van der Waals surface area contributed by atoms with Crippen molar-refractivity contribution in [3.05, 3.63) is 29.8 Å². The number of hydrogen-bond donors (Lipinski definition) is 1. The van der Waals surface area contributed by atoms with Gasteiger partial charge in [-0.05, 0) is 50.0 Å². The van der Waals surface area contributed by atoms with Gasteiger partial charge in [0.1, 0.15) is 5.75 Å². The van der Waals surface area contributed by atoms with Crippen LogP contribution in [0.3, 0.4) is 0 Å². The second-order valence-electron chi connectivity index (χ2n) is 5.54. The monoisotopic (exact) mass is 276 g/mol. The molecule has 0 aliphatic carbocycles. The van der Waals surface area contributed by atoms with E-state index in [2.05, 4.69) is 29.4 Å². The summed E-state index contributed by atoms with van der Waals surface area (Å²) in [5.74, 6) is 1.39. The van der Waals surface area contributed by atoms with Gasteiger partial charge < -0.3 is 10.1 Å². The number of ether oxygens (including phenoxy) is 1. The molecule has 1 amide bonds. The summed E-state index contributed by atoms with van der Waals surface area (Å²) in [7, 11) is 3.84. The molecule has 1 aliphatic heterocycles. The van der Waals surface area contributed by atoms with Crippen molar-refractivity contribution in [1.82, 2.24) is 10.2 Å². The Labute approximate surface area is 121 Å². The Bertz CT molecular complexity index is 444. The van der Waals surface area contributed by atoms with E-state index in [0.29, 0.717) is 12.0 Å². The maximum atomic E-state index is 11.2. The van der Waals surface area contributed by atoms with Crippen LogP contribution >= 0.6 is 0 Å². The topological polar surface area (TPSA) is 41.6 Å². The van der Waals surface area contributed by atoms with Gasteiger partial charge in [-0.15, -0.1) is 0 Å². The Morgan fingerprint density at radius 2 is 2.10 bits per heavy atom. The van der Waals surface area contributed by atoms with E-state index in [1.54, 1.807) is 14.0 Å². The van der Waals surface area contributed by atoms with E-state index in [9.17, 15) is 4.79 Å². The molecule has 0 bridgehead atoms. The number of hydrogen-bond acceptors (Lipinski definition) is 3. The average Bonchev–Trinajstić information content (AvgIpc) is 2.45. The van der Waals surface area contributed by atoms with E-state index in [4.69, 9.17) is 4.74 Å². The van der Waals surface area contributed by atoms with Gasteiger partial charge in [-0.25, -0.2) is 0 Å². The summed E-state index contributed by atoms with van der Waals surface area (Å²) >= 11 is 0. The number of nitrogens with one attached hydrogen (secondary N) is 1. The van der Waals surface area contributed by atoms with Crippen LogP contribution in [0.1, 0.15) is 31.4 Å². The lowest BCUT2D eigenvalue weighted by atomic mass is 9.85. The van der Waals surface area contributed by atoms with E-state index in [1.807, 2.05) is 12.1 Å². The smallest absolute Gasteiger partial charge is 0.216 e. The molecule has 1 aromatic carbocycles. The minimum Gasteiger partial charge on any atom is -0.497 e. The molecule has 4 nitrogen and oxygen atoms in total. The molecule has 0 radical (unpaired) electrons. The lowest BCUT2D eigenvalue weighted by molar-refractivity contribution is -0.119. The first-order valence-electron chi connectivity index (χ1n) is 7.20. The van der Waals surface area contributed by atoms with Gasteiger partial charge in [-0.1, -0.05) is 12.1 Å². The van der Waals surface area contributed by atoms with Crippen LogP contribution < -0.4 is 10.1 Å². The third-order valence-corrected chi connectivity index (χ3v) is 4.08. The van der Waals surface area contributed by atoms with Crippen molar-refractivity contribution < 1.29 is 9.53 Å². The molecule has 0 aromatic heterocycles. The largest absolute Gasteiger partial charge is 0.497 e. The third kappa shape index (κ3) is 3.51. The molecule has 1 N–H and O–H groups in total. The molecular weight excluding hydrogens is 252 g/mol. The summed E-state index contributed by atoms with van der Waals surface area (Å²) in [4.78, 5) is 13.5. The van der Waals surface area contributed by atoms with Gasteiger partial charge >= 0.3 is 0 Å². The van der Waals surface area contributed by atoms with E-state index in [0.717, 1.165) is 25.3 Å². The molecule has 20 heavy (non-hydrogen) atoms. The number of piperidine rings is 1. The summed E-state index contributed by atoms with van der Waals surface area (Å²) in [5.41, 5.74) is 1.29. The van der Waals surface area contributed by atoms with Crippen molar-refractivity contribution in [3.63, 3.8) is 0 Å². The van der Waals surface area contributed by atoms with Crippen molar-refractivity contribution in [2.24, 2.45) is 5.92 Å². The third-order valence-electron chi connectivity index (χ3n) is 4.08. The molecule has 1 aromatic rings. The predicted molar refractivity (Wildman–Crippen MR) is 79.8 cm³/mol. The zero-order chi connectivity index (χ0) is 14.5. The van der Waals surface area contributed by atoms with Crippen LogP contribution in [-0.2, 0) is 4.79 Å². The average molecular weight is 276 g/mol. The van der Waals surface area contributed by atoms with Gasteiger partial charge in [-0.2, -0.15) is 0 Å². The van der Waals surface area contributed by atoms with Gasteiger partial charge in [-0.3, -0.25) is 9.69 Å². The molecule has 1 heterocycles. The highest BCUT2D eigenvalue weighted by Crippen LogP contribution is 2.35. The van der Waals surface area contributed by atoms with E-state index < -0.39 is 0 Å². The number of benzene rings is 1. The van der Waals surface area contributed by atoms with Gasteiger partial charge in [0.05, 0.1) is 7.11 Å². The van der Waals surface area contributed by atoms with Crippen LogP contribution in [0, 0.1) is 5.92 Å². The number of carbonyl (C=O) groups is 1. The summed E-state index contributed by atoms with van der Waals surface area (Å²) < 4.78 is 5.22. The first kappa shape index (κ1) is 14.9. The molecule has 2 rings (SSSR count). The van der Waals surface area contributed by atoms with Crippen molar-refractivity contribution in [2.45, 2.75) is 25.8 Å². The predicted octanol–water partition coefficient (Wildman–Crippen LogP) is 2.21. The number of amides is 1. The normalized spacial score (nSPS) is 23.4. The maximum Gasteiger partial charge on any atom is 0.216 e. The Hall–Kier alpha value is -1.55. The molecular formula is C16H24N2O2. The molecule has 1 saturated heterocycles. The molecule has 1 fully saturated rings. The van der Waals surface area contributed by atoms with Crippen molar-refractivity contribution in [1.29, 1.82) is 0 Å². The molecule has 2 unspecified atom stereocenters. The Kier molecular flexibility index (Phi) is 5.01. The summed E-state index contributed by atoms with van der Waals surface area (Å²) in [6.45, 7) is 3.43. The zero-order valence-corrected chi connectivity index (χ0v) is 12.6. The molecule has 0 saturated carbocycles. The van der Waals surface area contributed by atoms with Crippen LogP contribution in [0.25, 0.3) is 0 Å². The maximum absolute atomic E-state index is 11.2. The minimum atomic E-state index is 0.0479. The lowest BCUT2D eigenvalue weighted by Crippen LogP contribution is -2.41. The van der Waals surface area contributed by atoms with Crippen LogP contribution in [0.4, 0.5) is 0 Å². The second-order valence-corrected chi connectivity index (χ2v) is 5.54. The fourth-order valence-electron chi connectivity index (χ4n) is 3.08. The van der Waals surface area contributed by atoms with Crippen molar-refractivity contribution in [3.8, 4) is 5.75 Å². The fraction of sp³-hybridized carbons (Fsp3) is 0.562. The van der Waals surface area contributed by atoms with E-state index in [-0.39, 0.29) is 5.91 Å². The summed E-state index contributed by atoms with van der Waals surface area (Å²) in [6.07, 6.45) is 2.34. The number of methoxy groups -OCH3 is 1. The minimum absolute atomic E-state index is 0.0479. The summed E-state index contributed by atoms with van der Waals surface area (Å²) in [5, 5.41) is 2.97. The van der Waals surface area contributed by atoms with Crippen LogP contribution in [-0.4, -0.2) is 38.1 Å². The number of rotatable bonds is 4. The number of likely N-dealkylation sites (tertiary alicyclic amines) is 1. The molecule has 110 valence electrons. The van der Waals surface area contributed by atoms with Crippen molar-refractivity contribution in [2.75, 3.05) is 27.2 Å². The molecule has 4 heteroatoms. The zero-order valence-electron chi connectivity index (χ0n) is 12.6. The molecule has 1 aliphatic rings. The highest BCUT2D eigenvalue weighted by atomic mass is 16.5. The quantitative estimate of drug-likeness (QED) is 0.917. The number of nitrogens with zero attached hydrogens (tertiary/aromatic N) is 1. The van der Waals surface area contributed by atoms with Crippen LogP contribution in [0.15, 0.2) is 24.3 Å². The standard InChI is InChI=1S/C16H24N2O2/c1-12(19)17-11-14-5-4-10-18(2)16(14)13-6-8-15(20-3)9-7-13/h6-9,14,16H,4-5,10-11H2,1-3H3,(H,17,19). The lowest BCUT2D eigenvalue weighted by Gasteiger charge is -2.39. The highest BCUT2D eigenvalue weighted by Gasteiger charge is 2.30. The van der Waals surface area contributed by atoms with Gasteiger partial charge in [0.25, 0.3) is 0 Å². The summed E-state index contributed by atoms with van der Waals surface area (Å²) in [6, 6.07) is 8.64. The Balaban J connectivity index is 2.15. The first-order valence-corrected chi connectivity index (χ1v) is 7.20. The Morgan fingerprint density at radius 1 is 1.40 bits per heavy atom. The highest BCUT2D eigenvalue weighted by molar-refractivity contribution is 5.72. The first-order chi connectivity index (χ1) is 9.61. The number of carbonyl (C=O) groups excluding carboxylic acids is 1.